The minimum Gasteiger partial charge on any atom is -0.496 e. The van der Waals surface area contributed by atoms with Gasteiger partial charge in [-0.25, -0.2) is 0 Å². The highest BCUT2D eigenvalue weighted by Crippen LogP contribution is 2.57. The summed E-state index contributed by atoms with van der Waals surface area (Å²) in [4.78, 5) is 0. The van der Waals surface area contributed by atoms with Gasteiger partial charge in [-0.3, -0.25) is 0 Å². The van der Waals surface area contributed by atoms with Gasteiger partial charge in [0, 0.05) is 16.1 Å². The summed E-state index contributed by atoms with van der Waals surface area (Å²) in [5.74, 6) is 1.11. The molecule has 0 N–H and O–H groups in total. The fraction of sp³-hybridized carbons (Fsp3) is 0.419. The van der Waals surface area contributed by atoms with Crippen molar-refractivity contribution in [3.05, 3.63) is 66.7 Å². The molecule has 176 valence electrons. The molecule has 0 atom stereocenters. The molecular formula is C31H36NOP. The molecule has 2 saturated carbocycles. The molecule has 3 aromatic carbocycles. The highest BCUT2D eigenvalue weighted by Gasteiger charge is 2.36. The highest BCUT2D eigenvalue weighted by molar-refractivity contribution is 7.67. The van der Waals surface area contributed by atoms with Crippen molar-refractivity contribution in [2.75, 3.05) is 7.11 Å². The number of hydrogen-bond acceptors (Lipinski definition) is 1. The van der Waals surface area contributed by atoms with Crippen molar-refractivity contribution in [3.8, 4) is 11.4 Å². The molecule has 0 radical (unpaired) electrons. The standard InChI is InChI=1S/C31H36NOP/c1-33-30-22-12-21-29(32-27-19-10-8-17-25(27)26-18-9-11-20-28(26)32)31(30)34(23-13-4-2-5-14-23)24-15-6-3-7-16-24/h8-12,17-24H,2-7,13-16H2,1H3. The van der Waals surface area contributed by atoms with Crippen LogP contribution < -0.4 is 10.0 Å². The SMILES string of the molecule is COc1cccc(-n2c3ccccc3c3ccccc32)c1P(C1CCCCC1)C1CCCCC1. The summed E-state index contributed by atoms with van der Waals surface area (Å²) in [7, 11) is 1.58. The second-order valence-electron chi connectivity index (χ2n) is 10.2. The van der Waals surface area contributed by atoms with Crippen LogP contribution in [0, 0.1) is 0 Å². The van der Waals surface area contributed by atoms with Gasteiger partial charge in [-0.05, 0) is 61.3 Å². The summed E-state index contributed by atoms with van der Waals surface area (Å²) in [5.41, 5.74) is 5.63. The van der Waals surface area contributed by atoms with E-state index in [1.807, 2.05) is 7.11 Å². The maximum atomic E-state index is 6.17. The lowest BCUT2D eigenvalue weighted by Crippen LogP contribution is -2.29. The second-order valence-corrected chi connectivity index (χ2v) is 12.9. The number of fused-ring (bicyclic) bond motifs is 3. The zero-order valence-electron chi connectivity index (χ0n) is 20.4. The number of rotatable bonds is 5. The van der Waals surface area contributed by atoms with Gasteiger partial charge in [-0.2, -0.15) is 0 Å². The molecule has 0 amide bonds. The lowest BCUT2D eigenvalue weighted by Gasteiger charge is -2.40. The van der Waals surface area contributed by atoms with Crippen molar-refractivity contribution < 1.29 is 4.74 Å². The van der Waals surface area contributed by atoms with E-state index in [-0.39, 0.29) is 7.92 Å². The van der Waals surface area contributed by atoms with E-state index >= 15 is 0 Å². The Hall–Kier alpha value is -2.31. The van der Waals surface area contributed by atoms with E-state index in [9.17, 15) is 0 Å². The third-order valence-electron chi connectivity index (χ3n) is 8.21. The third kappa shape index (κ3) is 3.85. The molecule has 2 fully saturated rings. The van der Waals surface area contributed by atoms with Crippen LogP contribution in [0.1, 0.15) is 64.2 Å². The van der Waals surface area contributed by atoms with Gasteiger partial charge in [0.25, 0.3) is 0 Å². The molecule has 2 nitrogen and oxygen atoms in total. The summed E-state index contributed by atoms with van der Waals surface area (Å²) in [6, 6.07) is 24.7. The number of methoxy groups -OCH3 is 1. The summed E-state index contributed by atoms with van der Waals surface area (Å²) < 4.78 is 8.72. The highest BCUT2D eigenvalue weighted by atomic mass is 31.1. The molecule has 4 aromatic rings. The molecule has 0 aliphatic heterocycles. The van der Waals surface area contributed by atoms with Crippen LogP contribution in [-0.4, -0.2) is 23.0 Å². The zero-order chi connectivity index (χ0) is 22.9. The molecule has 3 heteroatoms. The van der Waals surface area contributed by atoms with Gasteiger partial charge in [0.15, 0.2) is 0 Å². The van der Waals surface area contributed by atoms with Gasteiger partial charge in [-0.1, -0.05) is 88.9 Å². The molecule has 0 bridgehead atoms. The van der Waals surface area contributed by atoms with Gasteiger partial charge in [0.05, 0.1) is 23.8 Å². The Morgan fingerprint density at radius 2 is 1.18 bits per heavy atom. The molecule has 34 heavy (non-hydrogen) atoms. The van der Waals surface area contributed by atoms with Crippen molar-refractivity contribution >= 4 is 35.0 Å². The predicted octanol–water partition coefficient (Wildman–Crippen LogP) is 8.56. The first-order valence-corrected chi connectivity index (χ1v) is 14.8. The Morgan fingerprint density at radius 1 is 0.647 bits per heavy atom. The van der Waals surface area contributed by atoms with Crippen LogP contribution in [0.15, 0.2) is 66.7 Å². The average Bonchev–Trinajstić information content (AvgIpc) is 3.25. The zero-order valence-corrected chi connectivity index (χ0v) is 21.3. The Kier molecular flexibility index (Phi) is 6.35. The first-order chi connectivity index (χ1) is 16.9. The molecule has 1 aromatic heterocycles. The monoisotopic (exact) mass is 469 g/mol. The Bertz CT molecular complexity index is 1210. The van der Waals surface area contributed by atoms with Crippen LogP contribution in [-0.2, 0) is 0 Å². The molecular weight excluding hydrogens is 433 g/mol. The maximum absolute atomic E-state index is 6.17. The van der Waals surface area contributed by atoms with Gasteiger partial charge < -0.3 is 9.30 Å². The van der Waals surface area contributed by atoms with Gasteiger partial charge >= 0.3 is 0 Å². The maximum Gasteiger partial charge on any atom is 0.128 e. The molecule has 2 aliphatic rings. The third-order valence-corrected chi connectivity index (χ3v) is 11.8. The van der Waals surface area contributed by atoms with Crippen molar-refractivity contribution in [1.82, 2.24) is 4.57 Å². The topological polar surface area (TPSA) is 14.2 Å². The van der Waals surface area contributed by atoms with E-state index in [0.717, 1.165) is 17.1 Å². The number of nitrogens with zero attached hydrogens (tertiary/aromatic N) is 1. The first kappa shape index (κ1) is 22.2. The van der Waals surface area contributed by atoms with Gasteiger partial charge in [-0.15, -0.1) is 0 Å². The summed E-state index contributed by atoms with van der Waals surface area (Å²) in [6.45, 7) is 0. The van der Waals surface area contributed by atoms with Crippen LogP contribution in [0.3, 0.4) is 0 Å². The number of ether oxygens (including phenoxy) is 1. The van der Waals surface area contributed by atoms with Crippen LogP contribution in [0.5, 0.6) is 5.75 Å². The molecule has 0 saturated heterocycles. The molecule has 1 heterocycles. The quantitative estimate of drug-likeness (QED) is 0.267. The van der Waals surface area contributed by atoms with E-state index in [2.05, 4.69) is 71.3 Å². The van der Waals surface area contributed by atoms with Gasteiger partial charge in [0.1, 0.15) is 5.75 Å². The summed E-state index contributed by atoms with van der Waals surface area (Å²) in [5, 5.41) is 4.21. The largest absolute Gasteiger partial charge is 0.496 e. The Labute approximate surface area is 205 Å². The summed E-state index contributed by atoms with van der Waals surface area (Å²) >= 11 is 0. The second kappa shape index (κ2) is 9.74. The predicted molar refractivity (Wildman–Crippen MR) is 148 cm³/mol. The molecule has 0 spiro atoms. The van der Waals surface area contributed by atoms with E-state index in [4.69, 9.17) is 4.74 Å². The van der Waals surface area contributed by atoms with Crippen molar-refractivity contribution in [1.29, 1.82) is 0 Å². The fourth-order valence-corrected chi connectivity index (χ4v) is 10.7. The Morgan fingerprint density at radius 3 is 1.71 bits per heavy atom. The fourth-order valence-electron chi connectivity index (χ4n) is 6.68. The molecule has 2 aliphatic carbocycles. The van der Waals surface area contributed by atoms with Crippen LogP contribution in [0.2, 0.25) is 0 Å². The van der Waals surface area contributed by atoms with Crippen molar-refractivity contribution in [2.45, 2.75) is 75.5 Å². The number of para-hydroxylation sites is 2. The van der Waals surface area contributed by atoms with E-state index in [1.165, 1.54) is 97.0 Å². The van der Waals surface area contributed by atoms with E-state index in [1.54, 1.807) is 0 Å². The number of hydrogen-bond donors (Lipinski definition) is 0. The molecule has 6 rings (SSSR count). The number of aromatic nitrogens is 1. The van der Waals surface area contributed by atoms with E-state index < -0.39 is 0 Å². The average molecular weight is 470 g/mol. The lowest BCUT2D eigenvalue weighted by atomic mass is 9.99. The van der Waals surface area contributed by atoms with Gasteiger partial charge in [0.2, 0.25) is 0 Å². The smallest absolute Gasteiger partial charge is 0.128 e. The van der Waals surface area contributed by atoms with Crippen LogP contribution in [0.25, 0.3) is 27.5 Å². The van der Waals surface area contributed by atoms with Crippen LogP contribution >= 0.6 is 7.92 Å². The normalized spacial score (nSPS) is 18.2. The van der Waals surface area contributed by atoms with Crippen LogP contribution in [0.4, 0.5) is 0 Å². The summed E-state index contributed by atoms with van der Waals surface area (Å²) in [6.07, 6.45) is 14.0. The minimum atomic E-state index is -0.301. The van der Waals surface area contributed by atoms with E-state index in [0.29, 0.717) is 0 Å². The molecule has 0 unspecified atom stereocenters. The lowest BCUT2D eigenvalue weighted by molar-refractivity contribution is 0.417. The Balaban J connectivity index is 1.62. The number of benzene rings is 3. The minimum absolute atomic E-state index is 0.301. The van der Waals surface area contributed by atoms with Crippen molar-refractivity contribution in [3.63, 3.8) is 0 Å². The van der Waals surface area contributed by atoms with Crippen molar-refractivity contribution in [2.24, 2.45) is 0 Å². The first-order valence-electron chi connectivity index (χ1n) is 13.3.